The third-order valence-electron chi connectivity index (χ3n) is 3.12. The summed E-state index contributed by atoms with van der Waals surface area (Å²) in [6.07, 6.45) is 4.16. The highest BCUT2D eigenvalue weighted by molar-refractivity contribution is 9.09. The molecule has 4 heteroatoms. The van der Waals surface area contributed by atoms with Gasteiger partial charge in [0.25, 0.3) is 0 Å². The minimum atomic E-state index is 0.354. The molecule has 0 bridgehead atoms. The van der Waals surface area contributed by atoms with Crippen molar-refractivity contribution in [3.63, 3.8) is 0 Å². The molecule has 0 radical (unpaired) electrons. The van der Waals surface area contributed by atoms with Crippen molar-refractivity contribution >= 4 is 21.8 Å². The highest BCUT2D eigenvalue weighted by Gasteiger charge is 2.19. The van der Waals surface area contributed by atoms with Gasteiger partial charge in [-0.3, -0.25) is 9.69 Å². The first-order chi connectivity index (χ1) is 7.77. The molecule has 16 heavy (non-hydrogen) atoms. The van der Waals surface area contributed by atoms with Crippen molar-refractivity contribution < 1.29 is 4.79 Å². The Hall–Kier alpha value is -0.0900. The van der Waals surface area contributed by atoms with Crippen LogP contribution >= 0.6 is 15.9 Å². The van der Waals surface area contributed by atoms with Gasteiger partial charge in [0, 0.05) is 44.5 Å². The minimum Gasteiger partial charge on any atom is -0.340 e. The summed E-state index contributed by atoms with van der Waals surface area (Å²) in [5, 5.41) is 1.03. The van der Waals surface area contributed by atoms with Gasteiger partial charge in [-0.1, -0.05) is 35.7 Å². The van der Waals surface area contributed by atoms with Crippen LogP contribution in [0.25, 0.3) is 0 Å². The number of nitrogens with zero attached hydrogens (tertiary/aromatic N) is 2. The lowest BCUT2D eigenvalue weighted by molar-refractivity contribution is -0.133. The van der Waals surface area contributed by atoms with Crippen molar-refractivity contribution in [2.75, 3.05) is 38.1 Å². The van der Waals surface area contributed by atoms with Crippen LogP contribution in [0.15, 0.2) is 0 Å². The number of piperazine rings is 1. The molecule has 0 aliphatic carbocycles. The maximum atomic E-state index is 11.8. The summed E-state index contributed by atoms with van der Waals surface area (Å²) in [6, 6.07) is 0. The molecule has 0 unspecified atom stereocenters. The summed E-state index contributed by atoms with van der Waals surface area (Å²) in [6.45, 7) is 7.16. The van der Waals surface area contributed by atoms with E-state index in [-0.39, 0.29) is 0 Å². The SMILES string of the molecule is CCCCCC(=O)N1CCN(CCBr)CC1. The molecule has 0 aromatic rings. The number of hydrogen-bond donors (Lipinski definition) is 0. The Morgan fingerprint density at radius 1 is 1.19 bits per heavy atom. The van der Waals surface area contributed by atoms with Crippen LogP contribution in [0.3, 0.4) is 0 Å². The summed E-state index contributed by atoms with van der Waals surface area (Å²) >= 11 is 3.45. The number of carbonyl (C=O) groups is 1. The lowest BCUT2D eigenvalue weighted by Gasteiger charge is -2.34. The van der Waals surface area contributed by atoms with Crippen LogP contribution in [0.4, 0.5) is 0 Å². The standard InChI is InChI=1S/C12H23BrN2O/c1-2-3-4-5-12(16)15-10-8-14(7-6-13)9-11-15/h2-11H2,1H3. The monoisotopic (exact) mass is 290 g/mol. The predicted molar refractivity (Wildman–Crippen MR) is 71.0 cm³/mol. The van der Waals surface area contributed by atoms with E-state index >= 15 is 0 Å². The maximum absolute atomic E-state index is 11.8. The van der Waals surface area contributed by atoms with E-state index in [0.717, 1.165) is 50.9 Å². The van der Waals surface area contributed by atoms with E-state index in [0.29, 0.717) is 5.91 Å². The zero-order valence-corrected chi connectivity index (χ0v) is 11.8. The van der Waals surface area contributed by atoms with Crippen LogP contribution in [0.1, 0.15) is 32.6 Å². The van der Waals surface area contributed by atoms with E-state index in [2.05, 4.69) is 27.8 Å². The minimum absolute atomic E-state index is 0.354. The molecule has 0 N–H and O–H groups in total. The van der Waals surface area contributed by atoms with E-state index in [1.54, 1.807) is 0 Å². The summed E-state index contributed by atoms with van der Waals surface area (Å²) in [5.41, 5.74) is 0. The zero-order chi connectivity index (χ0) is 11.8. The molecular formula is C12H23BrN2O. The molecule has 0 aromatic heterocycles. The van der Waals surface area contributed by atoms with Gasteiger partial charge in [0.05, 0.1) is 0 Å². The van der Waals surface area contributed by atoms with Gasteiger partial charge in [0.1, 0.15) is 0 Å². The smallest absolute Gasteiger partial charge is 0.222 e. The number of alkyl halides is 1. The second-order valence-electron chi connectivity index (χ2n) is 4.37. The number of hydrogen-bond acceptors (Lipinski definition) is 2. The van der Waals surface area contributed by atoms with Crippen molar-refractivity contribution in [1.82, 2.24) is 9.80 Å². The number of halogens is 1. The fourth-order valence-corrected chi connectivity index (χ4v) is 2.53. The largest absolute Gasteiger partial charge is 0.340 e. The molecule has 1 amide bonds. The van der Waals surface area contributed by atoms with E-state index in [4.69, 9.17) is 0 Å². The van der Waals surface area contributed by atoms with Gasteiger partial charge in [-0.2, -0.15) is 0 Å². The molecule has 1 fully saturated rings. The van der Waals surface area contributed by atoms with Crippen LogP contribution in [0, 0.1) is 0 Å². The molecule has 1 aliphatic heterocycles. The number of amides is 1. The molecule has 0 atom stereocenters. The summed E-state index contributed by atoms with van der Waals surface area (Å²) in [5.74, 6) is 0.354. The predicted octanol–water partition coefficient (Wildman–Crippen LogP) is 2.11. The first-order valence-electron chi connectivity index (χ1n) is 6.34. The lowest BCUT2D eigenvalue weighted by Crippen LogP contribution is -2.49. The first-order valence-corrected chi connectivity index (χ1v) is 7.46. The van der Waals surface area contributed by atoms with Gasteiger partial charge in [-0.15, -0.1) is 0 Å². The first kappa shape index (κ1) is 14.0. The third kappa shape index (κ3) is 4.83. The number of carbonyl (C=O) groups excluding carboxylic acids is 1. The fraction of sp³-hybridized carbons (Fsp3) is 0.917. The number of unbranched alkanes of at least 4 members (excludes halogenated alkanes) is 2. The average Bonchev–Trinajstić information content (AvgIpc) is 2.30. The highest BCUT2D eigenvalue weighted by Crippen LogP contribution is 2.07. The van der Waals surface area contributed by atoms with Crippen LogP contribution < -0.4 is 0 Å². The quantitative estimate of drug-likeness (QED) is 0.553. The molecule has 94 valence electrons. The molecule has 0 aromatic carbocycles. The van der Waals surface area contributed by atoms with Gasteiger partial charge >= 0.3 is 0 Å². The Kier molecular flexibility index (Phi) is 7.05. The van der Waals surface area contributed by atoms with Crippen molar-refractivity contribution in [3.8, 4) is 0 Å². The Bertz CT molecular complexity index is 203. The summed E-state index contributed by atoms with van der Waals surface area (Å²) in [7, 11) is 0. The van der Waals surface area contributed by atoms with Crippen LogP contribution in [0.2, 0.25) is 0 Å². The van der Waals surface area contributed by atoms with Gasteiger partial charge in [0.15, 0.2) is 0 Å². The number of rotatable bonds is 6. The zero-order valence-electron chi connectivity index (χ0n) is 10.3. The van der Waals surface area contributed by atoms with Crippen molar-refractivity contribution in [2.24, 2.45) is 0 Å². The third-order valence-corrected chi connectivity index (χ3v) is 3.47. The summed E-state index contributed by atoms with van der Waals surface area (Å²) in [4.78, 5) is 16.3. The Morgan fingerprint density at radius 3 is 2.44 bits per heavy atom. The normalized spacial score (nSPS) is 17.8. The van der Waals surface area contributed by atoms with Crippen molar-refractivity contribution in [3.05, 3.63) is 0 Å². The van der Waals surface area contributed by atoms with Gasteiger partial charge in [-0.25, -0.2) is 0 Å². The average molecular weight is 291 g/mol. The van der Waals surface area contributed by atoms with E-state index in [1.807, 2.05) is 4.90 Å². The topological polar surface area (TPSA) is 23.6 Å². The maximum Gasteiger partial charge on any atom is 0.222 e. The molecule has 0 spiro atoms. The van der Waals surface area contributed by atoms with E-state index in [1.165, 1.54) is 12.8 Å². The Labute approximate surface area is 107 Å². The molecule has 3 nitrogen and oxygen atoms in total. The van der Waals surface area contributed by atoms with Crippen molar-refractivity contribution in [1.29, 1.82) is 0 Å². The second kappa shape index (κ2) is 8.07. The van der Waals surface area contributed by atoms with Gasteiger partial charge in [-0.05, 0) is 6.42 Å². The molecule has 1 saturated heterocycles. The van der Waals surface area contributed by atoms with Crippen LogP contribution in [0.5, 0.6) is 0 Å². The van der Waals surface area contributed by atoms with E-state index < -0.39 is 0 Å². The van der Waals surface area contributed by atoms with Crippen molar-refractivity contribution in [2.45, 2.75) is 32.6 Å². The summed E-state index contributed by atoms with van der Waals surface area (Å²) < 4.78 is 0. The molecule has 1 aliphatic rings. The Morgan fingerprint density at radius 2 is 1.88 bits per heavy atom. The van der Waals surface area contributed by atoms with Crippen LogP contribution in [-0.4, -0.2) is 53.8 Å². The Balaban J connectivity index is 2.17. The lowest BCUT2D eigenvalue weighted by atomic mass is 10.2. The van der Waals surface area contributed by atoms with Gasteiger partial charge in [0.2, 0.25) is 5.91 Å². The van der Waals surface area contributed by atoms with Crippen LogP contribution in [-0.2, 0) is 4.79 Å². The fourth-order valence-electron chi connectivity index (χ4n) is 2.02. The molecule has 1 rings (SSSR count). The molecule has 0 saturated carbocycles. The second-order valence-corrected chi connectivity index (χ2v) is 5.16. The van der Waals surface area contributed by atoms with E-state index in [9.17, 15) is 4.79 Å². The highest BCUT2D eigenvalue weighted by atomic mass is 79.9. The molecular weight excluding hydrogens is 268 g/mol. The molecule has 1 heterocycles. The van der Waals surface area contributed by atoms with Gasteiger partial charge < -0.3 is 4.90 Å².